The van der Waals surface area contributed by atoms with E-state index in [0.717, 1.165) is 31.3 Å². The molecule has 0 bridgehead atoms. The summed E-state index contributed by atoms with van der Waals surface area (Å²) in [4.78, 5) is 27.1. The first kappa shape index (κ1) is 19.9. The van der Waals surface area contributed by atoms with Gasteiger partial charge in [0.1, 0.15) is 18.0 Å². The molecule has 7 heteroatoms. The molecule has 1 aromatic carbocycles. The number of hydrogen-bond acceptors (Lipinski definition) is 6. The van der Waals surface area contributed by atoms with E-state index in [2.05, 4.69) is 57.9 Å². The minimum absolute atomic E-state index is 0.237. The molecule has 1 fully saturated rings. The Labute approximate surface area is 166 Å². The second-order valence-corrected chi connectivity index (χ2v) is 7.11. The van der Waals surface area contributed by atoms with E-state index in [4.69, 9.17) is 4.74 Å². The van der Waals surface area contributed by atoms with E-state index in [1.165, 1.54) is 5.56 Å². The van der Waals surface area contributed by atoms with Crippen LogP contribution in [-0.4, -0.2) is 59.8 Å². The van der Waals surface area contributed by atoms with Crippen molar-refractivity contribution in [2.24, 2.45) is 0 Å². The molecule has 1 amide bonds. The third kappa shape index (κ3) is 4.91. The van der Waals surface area contributed by atoms with E-state index in [1.54, 1.807) is 11.2 Å². The molecule has 2 aromatic rings. The zero-order chi connectivity index (χ0) is 19.9. The smallest absolute Gasteiger partial charge is 0.409 e. The maximum atomic E-state index is 11.9. The van der Waals surface area contributed by atoms with Gasteiger partial charge >= 0.3 is 6.09 Å². The van der Waals surface area contributed by atoms with Gasteiger partial charge in [-0.25, -0.2) is 14.8 Å². The Hall–Kier alpha value is -2.83. The molecule has 0 saturated carbocycles. The van der Waals surface area contributed by atoms with Gasteiger partial charge in [0.25, 0.3) is 0 Å². The molecule has 1 aliphatic rings. The number of benzene rings is 1. The molecule has 1 aromatic heterocycles. The number of aromatic nitrogens is 2. The van der Waals surface area contributed by atoms with Crippen LogP contribution in [0.3, 0.4) is 0 Å². The van der Waals surface area contributed by atoms with Crippen LogP contribution in [0.2, 0.25) is 0 Å². The number of amides is 1. The minimum Gasteiger partial charge on any atom is -0.450 e. The molecular weight excluding hydrogens is 354 g/mol. The molecule has 7 nitrogen and oxygen atoms in total. The lowest BCUT2D eigenvalue weighted by Gasteiger charge is -2.35. The van der Waals surface area contributed by atoms with Crippen molar-refractivity contribution in [1.82, 2.24) is 14.9 Å². The van der Waals surface area contributed by atoms with E-state index in [0.29, 0.717) is 25.7 Å². The second kappa shape index (κ2) is 9.39. The molecule has 2 heterocycles. The van der Waals surface area contributed by atoms with Gasteiger partial charge in [0.15, 0.2) is 0 Å². The number of rotatable bonds is 6. The molecule has 0 atom stereocenters. The van der Waals surface area contributed by atoms with Crippen molar-refractivity contribution in [2.45, 2.75) is 33.4 Å². The summed E-state index contributed by atoms with van der Waals surface area (Å²) < 4.78 is 5.09. The van der Waals surface area contributed by atoms with Gasteiger partial charge in [0.05, 0.1) is 6.61 Å². The third-order valence-corrected chi connectivity index (χ3v) is 4.88. The maximum Gasteiger partial charge on any atom is 0.409 e. The van der Waals surface area contributed by atoms with Crippen LogP contribution in [0, 0.1) is 0 Å². The van der Waals surface area contributed by atoms with E-state index >= 15 is 0 Å². The lowest BCUT2D eigenvalue weighted by Crippen LogP contribution is -2.49. The Morgan fingerprint density at radius 2 is 1.86 bits per heavy atom. The van der Waals surface area contributed by atoms with Crippen LogP contribution in [0.5, 0.6) is 0 Å². The van der Waals surface area contributed by atoms with Crippen molar-refractivity contribution in [1.29, 1.82) is 0 Å². The van der Waals surface area contributed by atoms with Gasteiger partial charge in [-0.05, 0) is 26.3 Å². The predicted molar refractivity (Wildman–Crippen MR) is 111 cm³/mol. The average molecular weight is 383 g/mol. The summed E-state index contributed by atoms with van der Waals surface area (Å²) in [5.41, 5.74) is 1.25. The van der Waals surface area contributed by atoms with Crippen molar-refractivity contribution in [3.63, 3.8) is 0 Å². The molecule has 0 aliphatic carbocycles. The van der Waals surface area contributed by atoms with Crippen LogP contribution in [0.15, 0.2) is 42.7 Å². The highest BCUT2D eigenvalue weighted by Crippen LogP contribution is 2.22. The highest BCUT2D eigenvalue weighted by atomic mass is 16.6. The van der Waals surface area contributed by atoms with Gasteiger partial charge in [-0.15, -0.1) is 0 Å². The zero-order valence-electron chi connectivity index (χ0n) is 16.9. The largest absolute Gasteiger partial charge is 0.450 e. The summed E-state index contributed by atoms with van der Waals surface area (Å²) >= 11 is 0. The van der Waals surface area contributed by atoms with Crippen molar-refractivity contribution < 1.29 is 9.53 Å². The van der Waals surface area contributed by atoms with Crippen LogP contribution in [0.25, 0.3) is 0 Å². The molecule has 28 heavy (non-hydrogen) atoms. The monoisotopic (exact) mass is 383 g/mol. The standard InChI is InChI=1S/C21H29N5O2/c1-4-28-21(27)25-12-10-24(11-13-25)19-14-20(23-16-22-19)26(17(2)3)15-18-8-6-5-7-9-18/h5-9,14,16-17H,4,10-13,15H2,1-3H3. The quantitative estimate of drug-likeness (QED) is 0.764. The van der Waals surface area contributed by atoms with Crippen molar-refractivity contribution >= 4 is 17.7 Å². The Balaban J connectivity index is 1.70. The van der Waals surface area contributed by atoms with E-state index in [1.807, 2.05) is 19.1 Å². The number of anilines is 2. The Morgan fingerprint density at radius 3 is 2.50 bits per heavy atom. The molecule has 1 aliphatic heterocycles. The summed E-state index contributed by atoms with van der Waals surface area (Å²) in [6.45, 7) is 10.1. The van der Waals surface area contributed by atoms with Gasteiger partial charge in [-0.3, -0.25) is 0 Å². The summed E-state index contributed by atoms with van der Waals surface area (Å²) in [5.74, 6) is 1.81. The number of ether oxygens (including phenoxy) is 1. The van der Waals surface area contributed by atoms with Gasteiger partial charge in [0.2, 0.25) is 0 Å². The molecule has 0 unspecified atom stereocenters. The van der Waals surface area contributed by atoms with Crippen LogP contribution in [0.1, 0.15) is 26.3 Å². The van der Waals surface area contributed by atoms with Gasteiger partial charge in [-0.1, -0.05) is 30.3 Å². The summed E-state index contributed by atoms with van der Waals surface area (Å²) in [7, 11) is 0. The SMILES string of the molecule is CCOC(=O)N1CCN(c2cc(N(Cc3ccccc3)C(C)C)ncn2)CC1. The molecule has 0 N–H and O–H groups in total. The first-order valence-corrected chi connectivity index (χ1v) is 9.87. The number of piperazine rings is 1. The number of nitrogens with zero attached hydrogens (tertiary/aromatic N) is 5. The number of carbonyl (C=O) groups is 1. The number of carbonyl (C=O) groups excluding carboxylic acids is 1. The lowest BCUT2D eigenvalue weighted by molar-refractivity contribution is 0.105. The maximum absolute atomic E-state index is 11.9. The normalized spacial score (nSPS) is 14.3. The van der Waals surface area contributed by atoms with Gasteiger partial charge in [0, 0.05) is 44.8 Å². The van der Waals surface area contributed by atoms with Crippen LogP contribution in [0.4, 0.5) is 16.4 Å². The third-order valence-electron chi connectivity index (χ3n) is 4.88. The highest BCUT2D eigenvalue weighted by Gasteiger charge is 2.23. The van der Waals surface area contributed by atoms with Gasteiger partial charge in [-0.2, -0.15) is 0 Å². The summed E-state index contributed by atoms with van der Waals surface area (Å²) in [6.07, 6.45) is 1.39. The van der Waals surface area contributed by atoms with Crippen molar-refractivity contribution in [3.05, 3.63) is 48.3 Å². The number of hydrogen-bond donors (Lipinski definition) is 0. The minimum atomic E-state index is -0.237. The first-order chi connectivity index (χ1) is 13.6. The van der Waals surface area contributed by atoms with E-state index in [9.17, 15) is 4.79 Å². The predicted octanol–water partition coefficient (Wildman–Crippen LogP) is 3.17. The fraction of sp³-hybridized carbons (Fsp3) is 0.476. The highest BCUT2D eigenvalue weighted by molar-refractivity contribution is 5.68. The van der Waals surface area contributed by atoms with E-state index < -0.39 is 0 Å². The van der Waals surface area contributed by atoms with Gasteiger partial charge < -0.3 is 19.4 Å². The van der Waals surface area contributed by atoms with Crippen molar-refractivity contribution in [2.75, 3.05) is 42.6 Å². The topological polar surface area (TPSA) is 61.8 Å². The lowest BCUT2D eigenvalue weighted by atomic mass is 10.2. The average Bonchev–Trinajstić information content (AvgIpc) is 2.73. The molecule has 0 radical (unpaired) electrons. The second-order valence-electron chi connectivity index (χ2n) is 7.11. The van der Waals surface area contributed by atoms with Crippen LogP contribution in [-0.2, 0) is 11.3 Å². The molecule has 1 saturated heterocycles. The first-order valence-electron chi connectivity index (χ1n) is 9.87. The molecular formula is C21H29N5O2. The Bertz CT molecular complexity index is 760. The fourth-order valence-corrected chi connectivity index (χ4v) is 3.31. The van der Waals surface area contributed by atoms with Crippen molar-refractivity contribution in [3.8, 4) is 0 Å². The van der Waals surface area contributed by atoms with Crippen LogP contribution >= 0.6 is 0 Å². The Kier molecular flexibility index (Phi) is 6.68. The summed E-state index contributed by atoms with van der Waals surface area (Å²) in [5, 5.41) is 0. The summed E-state index contributed by atoms with van der Waals surface area (Å²) in [6, 6.07) is 12.8. The Morgan fingerprint density at radius 1 is 1.14 bits per heavy atom. The molecule has 150 valence electrons. The molecule has 0 spiro atoms. The molecule has 3 rings (SSSR count). The zero-order valence-corrected chi connectivity index (χ0v) is 16.9. The fourth-order valence-electron chi connectivity index (χ4n) is 3.31. The van der Waals surface area contributed by atoms with E-state index in [-0.39, 0.29) is 6.09 Å². The van der Waals surface area contributed by atoms with Crippen LogP contribution < -0.4 is 9.80 Å².